The first-order valence-electron chi connectivity index (χ1n) is 5.93. The van der Waals surface area contributed by atoms with Crippen molar-refractivity contribution in [1.29, 1.82) is 0 Å². The number of carbonyl (C=O) groups excluding carboxylic acids is 2. The number of primary amides is 1. The van der Waals surface area contributed by atoms with Crippen LogP contribution in [0.1, 0.15) is 30.3 Å². The number of nitrogens with one attached hydrogen (secondary N) is 1. The van der Waals surface area contributed by atoms with Crippen molar-refractivity contribution in [3.8, 4) is 0 Å². The van der Waals surface area contributed by atoms with Crippen LogP contribution in [0.25, 0.3) is 0 Å². The highest BCUT2D eigenvalue weighted by molar-refractivity contribution is 9.10. The van der Waals surface area contributed by atoms with Gasteiger partial charge in [0.05, 0.1) is 5.92 Å². The lowest BCUT2D eigenvalue weighted by Crippen LogP contribution is -2.48. The lowest BCUT2D eigenvalue weighted by Gasteiger charge is -2.36. The van der Waals surface area contributed by atoms with E-state index in [1.807, 2.05) is 6.92 Å². The number of H-pyrrole nitrogens is 1. The number of aromatic nitrogens is 1. The van der Waals surface area contributed by atoms with Crippen LogP contribution < -0.4 is 5.73 Å². The maximum absolute atomic E-state index is 12.3. The van der Waals surface area contributed by atoms with Crippen LogP contribution in [0.4, 0.5) is 0 Å². The number of carbonyl (C=O) groups is 2. The number of hydrogen-bond acceptors (Lipinski definition) is 2. The van der Waals surface area contributed by atoms with Gasteiger partial charge < -0.3 is 15.6 Å². The highest BCUT2D eigenvalue weighted by Gasteiger charge is 2.32. The van der Waals surface area contributed by atoms with Crippen LogP contribution in [-0.4, -0.2) is 34.3 Å². The van der Waals surface area contributed by atoms with E-state index in [-0.39, 0.29) is 23.8 Å². The average Bonchev–Trinajstić information content (AvgIpc) is 2.75. The average molecular weight is 314 g/mol. The van der Waals surface area contributed by atoms with E-state index in [1.54, 1.807) is 17.2 Å². The Balaban J connectivity index is 2.15. The molecule has 2 atom stereocenters. The third kappa shape index (κ3) is 2.58. The highest BCUT2D eigenvalue weighted by Crippen LogP contribution is 2.24. The van der Waals surface area contributed by atoms with E-state index in [4.69, 9.17) is 5.73 Å². The van der Waals surface area contributed by atoms with Gasteiger partial charge in [-0.3, -0.25) is 9.59 Å². The highest BCUT2D eigenvalue weighted by atomic mass is 79.9. The second kappa shape index (κ2) is 5.14. The summed E-state index contributed by atoms with van der Waals surface area (Å²) in [6.45, 7) is 2.40. The lowest BCUT2D eigenvalue weighted by atomic mass is 9.92. The van der Waals surface area contributed by atoms with Crippen molar-refractivity contribution < 1.29 is 9.59 Å². The van der Waals surface area contributed by atoms with E-state index < -0.39 is 0 Å². The minimum Gasteiger partial charge on any atom is -0.369 e. The first-order valence-corrected chi connectivity index (χ1v) is 6.72. The number of amides is 2. The Labute approximate surface area is 114 Å². The Kier molecular flexibility index (Phi) is 3.75. The van der Waals surface area contributed by atoms with Crippen LogP contribution in [0.5, 0.6) is 0 Å². The summed E-state index contributed by atoms with van der Waals surface area (Å²) in [6, 6.07) is 1.87. The summed E-state index contributed by atoms with van der Waals surface area (Å²) in [5.41, 5.74) is 5.85. The monoisotopic (exact) mass is 313 g/mol. The second-order valence-electron chi connectivity index (χ2n) is 4.71. The van der Waals surface area contributed by atoms with E-state index in [1.165, 1.54) is 0 Å². The molecule has 1 saturated heterocycles. The summed E-state index contributed by atoms with van der Waals surface area (Å²) >= 11 is 3.30. The summed E-state index contributed by atoms with van der Waals surface area (Å²) < 4.78 is 0.835. The molecule has 0 unspecified atom stereocenters. The fourth-order valence-corrected chi connectivity index (χ4v) is 2.61. The molecule has 1 aliphatic heterocycles. The Hall–Kier alpha value is -1.30. The molecule has 0 saturated carbocycles. The molecule has 2 heterocycles. The number of rotatable bonds is 2. The summed E-state index contributed by atoms with van der Waals surface area (Å²) in [5.74, 6) is -0.643. The largest absolute Gasteiger partial charge is 0.369 e. The molecule has 98 valence electrons. The zero-order chi connectivity index (χ0) is 13.3. The molecule has 0 bridgehead atoms. The van der Waals surface area contributed by atoms with Gasteiger partial charge in [0.25, 0.3) is 5.91 Å². The zero-order valence-corrected chi connectivity index (χ0v) is 11.7. The molecule has 1 aromatic rings. The molecule has 5 nitrogen and oxygen atoms in total. The van der Waals surface area contributed by atoms with Gasteiger partial charge in [-0.2, -0.15) is 0 Å². The Morgan fingerprint density at radius 2 is 2.22 bits per heavy atom. The minimum atomic E-state index is -0.327. The second-order valence-corrected chi connectivity index (χ2v) is 5.63. The topological polar surface area (TPSA) is 79.2 Å². The summed E-state index contributed by atoms with van der Waals surface area (Å²) in [4.78, 5) is 28.2. The number of nitrogens with two attached hydrogens (primary N) is 1. The molecule has 0 aliphatic carbocycles. The minimum absolute atomic E-state index is 0.0841. The summed E-state index contributed by atoms with van der Waals surface area (Å²) in [7, 11) is 0. The quantitative estimate of drug-likeness (QED) is 0.867. The predicted molar refractivity (Wildman–Crippen MR) is 70.9 cm³/mol. The molecular weight excluding hydrogens is 298 g/mol. The molecular formula is C12H16BrN3O2. The number of hydrogen-bond donors (Lipinski definition) is 2. The van der Waals surface area contributed by atoms with E-state index in [9.17, 15) is 9.59 Å². The number of aromatic amines is 1. The molecule has 2 amide bonds. The lowest BCUT2D eigenvalue weighted by molar-refractivity contribution is -0.123. The van der Waals surface area contributed by atoms with Gasteiger partial charge in [0.1, 0.15) is 5.69 Å². The zero-order valence-electron chi connectivity index (χ0n) is 10.1. The van der Waals surface area contributed by atoms with Gasteiger partial charge in [0.15, 0.2) is 0 Å². The smallest absolute Gasteiger partial charge is 0.270 e. The molecule has 0 radical (unpaired) electrons. The van der Waals surface area contributed by atoms with Crippen molar-refractivity contribution >= 4 is 27.7 Å². The van der Waals surface area contributed by atoms with Crippen LogP contribution in [0.2, 0.25) is 0 Å². The summed E-state index contributed by atoms with van der Waals surface area (Å²) in [5, 5.41) is 0. The molecule has 6 heteroatoms. The molecule has 3 N–H and O–H groups in total. The van der Waals surface area contributed by atoms with Crippen molar-refractivity contribution in [2.45, 2.75) is 25.8 Å². The van der Waals surface area contributed by atoms with Gasteiger partial charge in [0, 0.05) is 23.3 Å². The van der Waals surface area contributed by atoms with E-state index in [2.05, 4.69) is 20.9 Å². The van der Waals surface area contributed by atoms with Gasteiger partial charge in [-0.15, -0.1) is 0 Å². The first kappa shape index (κ1) is 13.1. The summed E-state index contributed by atoms with van der Waals surface area (Å²) in [6.07, 6.45) is 3.28. The molecule has 1 fully saturated rings. The third-order valence-electron chi connectivity index (χ3n) is 3.42. The van der Waals surface area contributed by atoms with Crippen molar-refractivity contribution in [2.75, 3.05) is 6.54 Å². The van der Waals surface area contributed by atoms with Crippen LogP contribution in [-0.2, 0) is 4.79 Å². The van der Waals surface area contributed by atoms with Crippen molar-refractivity contribution in [1.82, 2.24) is 9.88 Å². The molecule has 18 heavy (non-hydrogen) atoms. The van der Waals surface area contributed by atoms with Crippen molar-refractivity contribution in [3.05, 3.63) is 22.4 Å². The number of piperidine rings is 1. The number of halogens is 1. The normalized spacial score (nSPS) is 24.0. The molecule has 1 aromatic heterocycles. The SMILES string of the molecule is C[C@H]1CC[C@H](C(N)=O)CN1C(=O)c1cc(Br)c[nH]1. The first-order chi connectivity index (χ1) is 8.49. The Morgan fingerprint density at radius 1 is 1.50 bits per heavy atom. The third-order valence-corrected chi connectivity index (χ3v) is 3.88. The van der Waals surface area contributed by atoms with Gasteiger partial charge in [-0.25, -0.2) is 0 Å². The van der Waals surface area contributed by atoms with E-state index in [0.717, 1.165) is 17.3 Å². The number of likely N-dealkylation sites (tertiary alicyclic amines) is 1. The van der Waals surface area contributed by atoms with Gasteiger partial charge in [0.2, 0.25) is 5.91 Å². The van der Waals surface area contributed by atoms with Crippen LogP contribution in [0.3, 0.4) is 0 Å². The fourth-order valence-electron chi connectivity index (χ4n) is 2.27. The van der Waals surface area contributed by atoms with Crippen LogP contribution in [0, 0.1) is 5.92 Å². The van der Waals surface area contributed by atoms with Gasteiger partial charge in [-0.1, -0.05) is 0 Å². The number of nitrogens with zero attached hydrogens (tertiary/aromatic N) is 1. The maximum Gasteiger partial charge on any atom is 0.270 e. The van der Waals surface area contributed by atoms with Crippen molar-refractivity contribution in [3.63, 3.8) is 0 Å². The molecule has 1 aliphatic rings. The molecule has 0 aromatic carbocycles. The molecule has 2 rings (SSSR count). The van der Waals surface area contributed by atoms with Gasteiger partial charge in [-0.05, 0) is 41.8 Å². The predicted octanol–water partition coefficient (Wildman–Crippen LogP) is 1.50. The van der Waals surface area contributed by atoms with E-state index >= 15 is 0 Å². The maximum atomic E-state index is 12.3. The fraction of sp³-hybridized carbons (Fsp3) is 0.500. The van der Waals surface area contributed by atoms with Crippen LogP contribution in [0.15, 0.2) is 16.7 Å². The Bertz CT molecular complexity index is 472. The van der Waals surface area contributed by atoms with Crippen LogP contribution >= 0.6 is 15.9 Å². The standard InChI is InChI=1S/C12H16BrN3O2/c1-7-2-3-8(11(14)17)6-16(7)12(18)10-4-9(13)5-15-10/h4-5,7-8,15H,2-3,6H2,1H3,(H2,14,17)/t7-,8-/m0/s1. The van der Waals surface area contributed by atoms with E-state index in [0.29, 0.717) is 12.2 Å². The van der Waals surface area contributed by atoms with Crippen molar-refractivity contribution in [2.24, 2.45) is 11.7 Å². The molecule has 0 spiro atoms. The Morgan fingerprint density at radius 3 is 2.78 bits per heavy atom. The van der Waals surface area contributed by atoms with Gasteiger partial charge >= 0.3 is 0 Å².